The van der Waals surface area contributed by atoms with Crippen LogP contribution in [0.1, 0.15) is 27.2 Å². The van der Waals surface area contributed by atoms with Crippen LogP contribution in [-0.2, 0) is 14.3 Å². The van der Waals surface area contributed by atoms with Crippen molar-refractivity contribution in [1.82, 2.24) is 9.80 Å². The molecule has 0 rings (SSSR count). The van der Waals surface area contributed by atoms with Crippen molar-refractivity contribution in [1.29, 1.82) is 0 Å². The molecule has 7 heteroatoms. The van der Waals surface area contributed by atoms with Crippen molar-refractivity contribution in [3.8, 4) is 0 Å². The van der Waals surface area contributed by atoms with E-state index < -0.39 is 18.0 Å². The van der Waals surface area contributed by atoms with Crippen LogP contribution in [0.2, 0.25) is 0 Å². The first-order valence-corrected chi connectivity index (χ1v) is 6.21. The molecule has 1 unspecified atom stereocenters. The number of rotatable bonds is 7. The van der Waals surface area contributed by atoms with Crippen molar-refractivity contribution in [3.63, 3.8) is 0 Å². The summed E-state index contributed by atoms with van der Waals surface area (Å²) >= 11 is 0. The van der Waals surface area contributed by atoms with E-state index in [2.05, 4.69) is 4.74 Å². The second kappa shape index (κ2) is 8.34. The molecule has 0 saturated carbocycles. The molecule has 0 fully saturated rings. The Hall–Kier alpha value is -1.79. The van der Waals surface area contributed by atoms with Crippen LogP contribution in [0.15, 0.2) is 0 Å². The summed E-state index contributed by atoms with van der Waals surface area (Å²) < 4.78 is 4.53. The average Bonchev–Trinajstić information content (AvgIpc) is 2.35. The van der Waals surface area contributed by atoms with Gasteiger partial charge in [-0.05, 0) is 20.8 Å². The Morgan fingerprint density at radius 3 is 2.16 bits per heavy atom. The minimum absolute atomic E-state index is 0.130. The molecular weight excluding hydrogens is 252 g/mol. The third-order valence-corrected chi connectivity index (χ3v) is 2.79. The highest BCUT2D eigenvalue weighted by Gasteiger charge is 2.26. The molecule has 7 nitrogen and oxygen atoms in total. The Morgan fingerprint density at radius 1 is 1.21 bits per heavy atom. The zero-order valence-corrected chi connectivity index (χ0v) is 11.9. The van der Waals surface area contributed by atoms with Crippen LogP contribution in [0.3, 0.4) is 0 Å². The van der Waals surface area contributed by atoms with E-state index in [0.29, 0.717) is 13.1 Å². The van der Waals surface area contributed by atoms with Crippen molar-refractivity contribution < 1.29 is 24.2 Å². The molecule has 0 bridgehead atoms. The molecule has 2 amide bonds. The van der Waals surface area contributed by atoms with E-state index >= 15 is 0 Å². The fourth-order valence-electron chi connectivity index (χ4n) is 1.72. The number of carbonyl (C=O) groups excluding carboxylic acids is 2. The number of nitrogens with zero attached hydrogens (tertiary/aromatic N) is 2. The van der Waals surface area contributed by atoms with Gasteiger partial charge in [-0.25, -0.2) is 4.79 Å². The first-order valence-electron chi connectivity index (χ1n) is 6.21. The van der Waals surface area contributed by atoms with Crippen LogP contribution in [-0.4, -0.2) is 65.7 Å². The van der Waals surface area contributed by atoms with E-state index in [4.69, 9.17) is 5.11 Å². The van der Waals surface area contributed by atoms with E-state index in [9.17, 15) is 14.4 Å². The standard InChI is InChI=1S/C12H22N2O5/c1-5-13(8-11(17)19-4)12(18)14(6-2)9(3)7-10(15)16/h9H,5-8H2,1-4H3,(H,15,16). The average molecular weight is 274 g/mol. The first kappa shape index (κ1) is 17.2. The Morgan fingerprint density at radius 2 is 1.79 bits per heavy atom. The maximum Gasteiger partial charge on any atom is 0.325 e. The van der Waals surface area contributed by atoms with Gasteiger partial charge in [-0.3, -0.25) is 9.59 Å². The summed E-state index contributed by atoms with van der Waals surface area (Å²) in [7, 11) is 1.26. The normalized spacial score (nSPS) is 11.6. The highest BCUT2D eigenvalue weighted by molar-refractivity contribution is 5.81. The molecule has 0 aliphatic carbocycles. The van der Waals surface area contributed by atoms with Crippen LogP contribution in [0.4, 0.5) is 4.79 Å². The van der Waals surface area contributed by atoms with Gasteiger partial charge in [0.05, 0.1) is 13.5 Å². The predicted molar refractivity (Wildman–Crippen MR) is 68.8 cm³/mol. The molecule has 0 radical (unpaired) electrons. The van der Waals surface area contributed by atoms with Gasteiger partial charge in [-0.1, -0.05) is 0 Å². The number of carboxylic acids is 1. The fourth-order valence-corrected chi connectivity index (χ4v) is 1.72. The Bertz CT molecular complexity index is 332. The smallest absolute Gasteiger partial charge is 0.325 e. The predicted octanol–water partition coefficient (Wildman–Crippen LogP) is 0.786. The molecule has 0 saturated heterocycles. The Labute approximate surface area is 113 Å². The van der Waals surface area contributed by atoms with Crippen molar-refractivity contribution in [2.45, 2.75) is 33.2 Å². The number of amides is 2. The zero-order chi connectivity index (χ0) is 15.0. The summed E-state index contributed by atoms with van der Waals surface area (Å²) in [5.41, 5.74) is 0. The summed E-state index contributed by atoms with van der Waals surface area (Å²) in [5.74, 6) is -1.47. The molecule has 19 heavy (non-hydrogen) atoms. The lowest BCUT2D eigenvalue weighted by Gasteiger charge is -2.32. The number of hydrogen-bond donors (Lipinski definition) is 1. The van der Waals surface area contributed by atoms with Crippen molar-refractivity contribution in [3.05, 3.63) is 0 Å². The number of likely N-dealkylation sites (N-methyl/N-ethyl adjacent to an activating group) is 1. The number of carboxylic acid groups (broad SMARTS) is 1. The first-order chi connectivity index (χ1) is 8.87. The van der Waals surface area contributed by atoms with Gasteiger partial charge in [0.25, 0.3) is 0 Å². The molecule has 1 atom stereocenters. The molecule has 0 aromatic carbocycles. The maximum atomic E-state index is 12.2. The van der Waals surface area contributed by atoms with E-state index in [-0.39, 0.29) is 19.0 Å². The number of ether oxygens (including phenoxy) is 1. The quantitative estimate of drug-likeness (QED) is 0.693. The number of esters is 1. The van der Waals surface area contributed by atoms with Gasteiger partial charge in [-0.15, -0.1) is 0 Å². The lowest BCUT2D eigenvalue weighted by Crippen LogP contribution is -2.49. The molecule has 0 heterocycles. The monoisotopic (exact) mass is 274 g/mol. The second-order valence-corrected chi connectivity index (χ2v) is 4.11. The van der Waals surface area contributed by atoms with Crippen LogP contribution >= 0.6 is 0 Å². The summed E-state index contributed by atoms with van der Waals surface area (Å²) in [5, 5.41) is 8.76. The molecular formula is C12H22N2O5. The van der Waals surface area contributed by atoms with Gasteiger partial charge in [0, 0.05) is 19.1 Å². The van der Waals surface area contributed by atoms with Crippen LogP contribution in [0.5, 0.6) is 0 Å². The Balaban J connectivity index is 4.78. The van der Waals surface area contributed by atoms with Gasteiger partial charge < -0.3 is 19.6 Å². The Kier molecular flexibility index (Phi) is 7.55. The summed E-state index contributed by atoms with van der Waals surface area (Å²) in [4.78, 5) is 36.9. The highest BCUT2D eigenvalue weighted by atomic mass is 16.5. The van der Waals surface area contributed by atoms with Gasteiger partial charge >= 0.3 is 18.0 Å². The zero-order valence-electron chi connectivity index (χ0n) is 11.9. The highest BCUT2D eigenvalue weighted by Crippen LogP contribution is 2.08. The fraction of sp³-hybridized carbons (Fsp3) is 0.750. The molecule has 0 aliphatic rings. The number of aliphatic carboxylic acids is 1. The number of methoxy groups -OCH3 is 1. The van der Waals surface area contributed by atoms with Gasteiger partial charge in [0.1, 0.15) is 6.54 Å². The molecule has 0 aromatic heterocycles. The van der Waals surface area contributed by atoms with Crippen LogP contribution in [0, 0.1) is 0 Å². The van der Waals surface area contributed by atoms with Crippen molar-refractivity contribution in [2.24, 2.45) is 0 Å². The van der Waals surface area contributed by atoms with Crippen molar-refractivity contribution >= 4 is 18.0 Å². The minimum Gasteiger partial charge on any atom is -0.481 e. The van der Waals surface area contributed by atoms with E-state index in [1.54, 1.807) is 20.8 Å². The largest absolute Gasteiger partial charge is 0.481 e. The summed E-state index contributed by atoms with van der Waals surface area (Å²) in [6, 6.07) is -0.786. The minimum atomic E-state index is -0.963. The topological polar surface area (TPSA) is 87.2 Å². The summed E-state index contributed by atoms with van der Waals surface area (Å²) in [6.45, 7) is 5.78. The molecule has 110 valence electrons. The number of urea groups is 1. The summed E-state index contributed by atoms with van der Waals surface area (Å²) in [6.07, 6.45) is -0.130. The molecule has 0 aliphatic heterocycles. The second-order valence-electron chi connectivity index (χ2n) is 4.11. The van der Waals surface area contributed by atoms with Gasteiger partial charge in [-0.2, -0.15) is 0 Å². The third-order valence-electron chi connectivity index (χ3n) is 2.79. The van der Waals surface area contributed by atoms with Crippen molar-refractivity contribution in [2.75, 3.05) is 26.7 Å². The van der Waals surface area contributed by atoms with Crippen LogP contribution in [0.25, 0.3) is 0 Å². The SMILES string of the molecule is CCN(CC(=O)OC)C(=O)N(CC)C(C)CC(=O)O. The number of hydrogen-bond acceptors (Lipinski definition) is 4. The molecule has 0 spiro atoms. The van der Waals surface area contributed by atoms with E-state index in [1.807, 2.05) is 0 Å². The molecule has 1 N–H and O–H groups in total. The lowest BCUT2D eigenvalue weighted by atomic mass is 10.2. The van der Waals surface area contributed by atoms with Crippen LogP contribution < -0.4 is 0 Å². The van der Waals surface area contributed by atoms with E-state index in [1.165, 1.54) is 16.9 Å². The lowest BCUT2D eigenvalue weighted by molar-refractivity contribution is -0.142. The third kappa shape index (κ3) is 5.58. The van der Waals surface area contributed by atoms with Gasteiger partial charge in [0.2, 0.25) is 0 Å². The maximum absolute atomic E-state index is 12.2. The number of carbonyl (C=O) groups is 3. The van der Waals surface area contributed by atoms with E-state index in [0.717, 1.165) is 0 Å². The van der Waals surface area contributed by atoms with Gasteiger partial charge in [0.15, 0.2) is 0 Å². The molecule has 0 aromatic rings.